The van der Waals surface area contributed by atoms with Gasteiger partial charge in [0.2, 0.25) is 5.91 Å². The summed E-state index contributed by atoms with van der Waals surface area (Å²) in [4.78, 5) is 24.9. The van der Waals surface area contributed by atoms with Crippen LogP contribution in [0, 0.1) is 0 Å². The molecule has 0 aliphatic carbocycles. The Hall–Kier alpha value is -0.510. The van der Waals surface area contributed by atoms with E-state index in [1.54, 1.807) is 6.92 Å². The van der Waals surface area contributed by atoms with Crippen molar-refractivity contribution in [1.82, 2.24) is 4.90 Å². The molecule has 0 aromatic heterocycles. The first-order valence-electron chi connectivity index (χ1n) is 7.01. The molecule has 1 aliphatic heterocycles. The van der Waals surface area contributed by atoms with Crippen molar-refractivity contribution >= 4 is 22.8 Å². The zero-order valence-electron chi connectivity index (χ0n) is 11.8. The summed E-state index contributed by atoms with van der Waals surface area (Å²) in [7, 11) is 0. The number of carbonyl (C=O) groups excluding carboxylic acids is 2. The summed E-state index contributed by atoms with van der Waals surface area (Å²) < 4.78 is 0. The predicted octanol–water partition coefficient (Wildman–Crippen LogP) is 3.23. The molecular formula is C14H25NO2S. The molecule has 1 amide bonds. The predicted molar refractivity (Wildman–Crippen MR) is 76.6 cm³/mol. The molecule has 0 N–H and O–H groups in total. The van der Waals surface area contributed by atoms with Gasteiger partial charge >= 0.3 is 0 Å². The SMILES string of the molecule is CCCCCCC(C)N1CC(SC(C)=O)CC1=O. The fraction of sp³-hybridized carbons (Fsp3) is 0.857. The van der Waals surface area contributed by atoms with Crippen molar-refractivity contribution in [2.75, 3.05) is 6.54 Å². The van der Waals surface area contributed by atoms with Gasteiger partial charge in [-0.25, -0.2) is 0 Å². The van der Waals surface area contributed by atoms with Gasteiger partial charge in [-0.1, -0.05) is 44.4 Å². The van der Waals surface area contributed by atoms with Crippen molar-refractivity contribution < 1.29 is 9.59 Å². The Kier molecular flexibility index (Phi) is 6.76. The average Bonchev–Trinajstić information content (AvgIpc) is 2.64. The minimum absolute atomic E-state index is 0.116. The lowest BCUT2D eigenvalue weighted by Gasteiger charge is -2.24. The van der Waals surface area contributed by atoms with Crippen molar-refractivity contribution in [2.24, 2.45) is 0 Å². The number of hydrogen-bond acceptors (Lipinski definition) is 3. The molecule has 0 saturated carbocycles. The third-order valence-electron chi connectivity index (χ3n) is 3.46. The molecule has 1 heterocycles. The molecule has 0 radical (unpaired) electrons. The number of carbonyl (C=O) groups is 2. The Morgan fingerprint density at radius 1 is 1.44 bits per heavy atom. The zero-order chi connectivity index (χ0) is 13.5. The number of likely N-dealkylation sites (tertiary alicyclic amines) is 1. The molecule has 2 atom stereocenters. The van der Waals surface area contributed by atoms with Crippen molar-refractivity contribution in [3.8, 4) is 0 Å². The van der Waals surface area contributed by atoms with E-state index >= 15 is 0 Å². The lowest BCUT2D eigenvalue weighted by Crippen LogP contribution is -2.34. The minimum Gasteiger partial charge on any atom is -0.339 e. The van der Waals surface area contributed by atoms with Crippen LogP contribution in [0.4, 0.5) is 0 Å². The summed E-state index contributed by atoms with van der Waals surface area (Å²) in [6.45, 7) is 6.66. The molecule has 0 aromatic carbocycles. The number of rotatable bonds is 7. The number of nitrogens with zero attached hydrogens (tertiary/aromatic N) is 1. The molecule has 0 spiro atoms. The van der Waals surface area contributed by atoms with E-state index in [2.05, 4.69) is 13.8 Å². The van der Waals surface area contributed by atoms with E-state index in [-0.39, 0.29) is 16.3 Å². The monoisotopic (exact) mass is 271 g/mol. The number of amides is 1. The molecular weight excluding hydrogens is 246 g/mol. The van der Waals surface area contributed by atoms with Crippen LogP contribution in [0.1, 0.15) is 59.3 Å². The second-order valence-corrected chi connectivity index (χ2v) is 6.66. The van der Waals surface area contributed by atoms with Gasteiger partial charge in [-0.2, -0.15) is 0 Å². The van der Waals surface area contributed by atoms with Crippen LogP contribution in [-0.4, -0.2) is 33.8 Å². The Bertz CT molecular complexity index is 294. The standard InChI is InChI=1S/C14H25NO2S/c1-4-5-6-7-8-11(2)15-10-13(9-14(15)17)18-12(3)16/h11,13H,4-10H2,1-3H3. The summed E-state index contributed by atoms with van der Waals surface area (Å²) in [5.74, 6) is 0.219. The summed E-state index contributed by atoms with van der Waals surface area (Å²) in [6, 6.07) is 0.326. The van der Waals surface area contributed by atoms with Gasteiger partial charge in [0.25, 0.3) is 0 Å². The van der Waals surface area contributed by atoms with Crippen LogP contribution in [0.25, 0.3) is 0 Å². The van der Waals surface area contributed by atoms with Crippen LogP contribution in [0.15, 0.2) is 0 Å². The Balaban J connectivity index is 2.32. The van der Waals surface area contributed by atoms with E-state index in [0.29, 0.717) is 12.5 Å². The van der Waals surface area contributed by atoms with Crippen LogP contribution in [-0.2, 0) is 9.59 Å². The van der Waals surface area contributed by atoms with Crippen LogP contribution in [0.5, 0.6) is 0 Å². The Morgan fingerprint density at radius 2 is 2.17 bits per heavy atom. The number of unbranched alkanes of at least 4 members (excludes halogenated alkanes) is 3. The van der Waals surface area contributed by atoms with Crippen molar-refractivity contribution in [3.05, 3.63) is 0 Å². The first-order chi connectivity index (χ1) is 8.54. The Morgan fingerprint density at radius 3 is 2.78 bits per heavy atom. The molecule has 0 aromatic rings. The van der Waals surface area contributed by atoms with Crippen molar-refractivity contribution in [3.63, 3.8) is 0 Å². The molecule has 1 aliphatic rings. The van der Waals surface area contributed by atoms with Gasteiger partial charge in [0.05, 0.1) is 0 Å². The molecule has 18 heavy (non-hydrogen) atoms. The smallest absolute Gasteiger partial charge is 0.224 e. The van der Waals surface area contributed by atoms with Crippen LogP contribution in [0.3, 0.4) is 0 Å². The highest BCUT2D eigenvalue weighted by atomic mass is 32.2. The second-order valence-electron chi connectivity index (χ2n) is 5.18. The second kappa shape index (κ2) is 7.82. The normalized spacial score (nSPS) is 21.4. The van der Waals surface area contributed by atoms with E-state index in [1.165, 1.54) is 37.4 Å². The average molecular weight is 271 g/mol. The van der Waals surface area contributed by atoms with E-state index < -0.39 is 0 Å². The Labute approximate surface area is 115 Å². The van der Waals surface area contributed by atoms with E-state index in [0.717, 1.165) is 13.0 Å². The van der Waals surface area contributed by atoms with Gasteiger partial charge < -0.3 is 4.90 Å². The van der Waals surface area contributed by atoms with E-state index in [4.69, 9.17) is 0 Å². The topological polar surface area (TPSA) is 37.4 Å². The molecule has 104 valence electrons. The highest BCUT2D eigenvalue weighted by molar-refractivity contribution is 8.14. The first kappa shape index (κ1) is 15.5. The van der Waals surface area contributed by atoms with Crippen molar-refractivity contribution in [2.45, 2.75) is 70.6 Å². The summed E-state index contributed by atoms with van der Waals surface area (Å²) >= 11 is 1.32. The number of thioether (sulfide) groups is 1. The molecule has 0 bridgehead atoms. The van der Waals surface area contributed by atoms with Gasteiger partial charge in [-0.05, 0) is 13.3 Å². The maximum absolute atomic E-state index is 11.9. The molecule has 1 fully saturated rings. The lowest BCUT2D eigenvalue weighted by atomic mass is 10.1. The molecule has 2 unspecified atom stereocenters. The van der Waals surface area contributed by atoms with Crippen LogP contribution >= 0.6 is 11.8 Å². The first-order valence-corrected chi connectivity index (χ1v) is 7.89. The largest absolute Gasteiger partial charge is 0.339 e. The van der Waals surface area contributed by atoms with Crippen LogP contribution in [0.2, 0.25) is 0 Å². The van der Waals surface area contributed by atoms with Gasteiger partial charge in [0.1, 0.15) is 0 Å². The molecule has 1 saturated heterocycles. The summed E-state index contributed by atoms with van der Waals surface area (Å²) in [6.07, 6.45) is 6.60. The lowest BCUT2D eigenvalue weighted by molar-refractivity contribution is -0.129. The maximum Gasteiger partial charge on any atom is 0.224 e. The number of hydrogen-bond donors (Lipinski definition) is 0. The van der Waals surface area contributed by atoms with Gasteiger partial charge in [0.15, 0.2) is 5.12 Å². The van der Waals surface area contributed by atoms with Gasteiger partial charge in [-0.15, -0.1) is 0 Å². The van der Waals surface area contributed by atoms with E-state index in [9.17, 15) is 9.59 Å². The highest BCUT2D eigenvalue weighted by Gasteiger charge is 2.33. The maximum atomic E-state index is 11.9. The van der Waals surface area contributed by atoms with Gasteiger partial charge in [0, 0.05) is 31.2 Å². The molecule has 4 heteroatoms. The quantitative estimate of drug-likeness (QED) is 0.667. The van der Waals surface area contributed by atoms with E-state index in [1.807, 2.05) is 4.90 Å². The summed E-state index contributed by atoms with van der Waals surface area (Å²) in [5.41, 5.74) is 0. The molecule has 1 rings (SSSR count). The third kappa shape index (κ3) is 5.01. The molecule has 3 nitrogen and oxygen atoms in total. The zero-order valence-corrected chi connectivity index (χ0v) is 12.6. The van der Waals surface area contributed by atoms with Crippen molar-refractivity contribution in [1.29, 1.82) is 0 Å². The van der Waals surface area contributed by atoms with Gasteiger partial charge in [-0.3, -0.25) is 9.59 Å². The van der Waals surface area contributed by atoms with Crippen LogP contribution < -0.4 is 0 Å². The highest BCUT2D eigenvalue weighted by Crippen LogP contribution is 2.26. The minimum atomic E-state index is 0.116. The third-order valence-corrected chi connectivity index (χ3v) is 4.44. The fourth-order valence-corrected chi connectivity index (χ4v) is 3.39. The summed E-state index contributed by atoms with van der Waals surface area (Å²) in [5, 5.41) is 0.290. The fourth-order valence-electron chi connectivity index (χ4n) is 2.46.